The second-order valence-electron chi connectivity index (χ2n) is 4.70. The number of allylic oxidation sites excluding steroid dienone is 1. The Morgan fingerprint density at radius 1 is 1.14 bits per heavy atom. The molecule has 3 rings (SSSR count). The van der Waals surface area contributed by atoms with Crippen molar-refractivity contribution in [1.29, 1.82) is 0 Å². The Morgan fingerprint density at radius 2 is 2.00 bits per heavy atom. The van der Waals surface area contributed by atoms with Gasteiger partial charge in [0, 0.05) is 24.2 Å². The number of hydrogen-bond donors (Lipinski definition) is 0. The lowest BCUT2D eigenvalue weighted by atomic mass is 10.3. The van der Waals surface area contributed by atoms with E-state index in [0.717, 1.165) is 40.6 Å². The first-order valence-corrected chi connectivity index (χ1v) is 7.96. The molecule has 0 aliphatic heterocycles. The number of aryl methyl sites for hydroxylation is 1. The van der Waals surface area contributed by atoms with E-state index in [-0.39, 0.29) is 0 Å². The van der Waals surface area contributed by atoms with Gasteiger partial charge in [-0.1, -0.05) is 36.0 Å². The summed E-state index contributed by atoms with van der Waals surface area (Å²) >= 11 is 1.77. The Balaban J connectivity index is 1.76. The summed E-state index contributed by atoms with van der Waals surface area (Å²) in [5, 5.41) is 1.05. The number of nitrogens with zero attached hydrogens (tertiary/aromatic N) is 3. The van der Waals surface area contributed by atoms with E-state index in [1.54, 1.807) is 11.8 Å². The predicted octanol–water partition coefficient (Wildman–Crippen LogP) is 3.95. The molecule has 2 aromatic heterocycles. The largest absolute Gasteiger partial charge is 0.315 e. The SMILES string of the molecule is C=CCn1c(SCCc2ccccn2)nc2ccccc21. The molecule has 0 atom stereocenters. The van der Waals surface area contributed by atoms with Crippen molar-refractivity contribution in [2.45, 2.75) is 18.1 Å². The molecule has 0 saturated carbocycles. The Bertz CT molecular complexity index is 734. The summed E-state index contributed by atoms with van der Waals surface area (Å²) in [5.41, 5.74) is 3.33. The zero-order valence-corrected chi connectivity index (χ0v) is 12.6. The van der Waals surface area contributed by atoms with E-state index < -0.39 is 0 Å². The predicted molar refractivity (Wildman–Crippen MR) is 88.6 cm³/mol. The molecule has 106 valence electrons. The highest BCUT2D eigenvalue weighted by atomic mass is 32.2. The fourth-order valence-corrected chi connectivity index (χ4v) is 3.25. The maximum atomic E-state index is 4.72. The normalized spacial score (nSPS) is 10.9. The number of benzene rings is 1. The molecular formula is C17H17N3S. The van der Waals surface area contributed by atoms with E-state index in [2.05, 4.69) is 34.3 Å². The van der Waals surface area contributed by atoms with E-state index in [4.69, 9.17) is 4.98 Å². The van der Waals surface area contributed by atoms with E-state index >= 15 is 0 Å². The van der Waals surface area contributed by atoms with Gasteiger partial charge in [-0.05, 0) is 30.7 Å². The van der Waals surface area contributed by atoms with Gasteiger partial charge in [0.15, 0.2) is 5.16 Å². The molecule has 0 spiro atoms. The van der Waals surface area contributed by atoms with Crippen LogP contribution < -0.4 is 0 Å². The summed E-state index contributed by atoms with van der Waals surface area (Å²) in [7, 11) is 0. The highest BCUT2D eigenvalue weighted by molar-refractivity contribution is 7.99. The minimum atomic E-state index is 0.784. The lowest BCUT2D eigenvalue weighted by Crippen LogP contribution is -1.99. The van der Waals surface area contributed by atoms with Crippen LogP contribution in [0.2, 0.25) is 0 Å². The van der Waals surface area contributed by atoms with Crippen molar-refractivity contribution in [2.24, 2.45) is 0 Å². The van der Waals surface area contributed by atoms with Crippen molar-refractivity contribution in [1.82, 2.24) is 14.5 Å². The van der Waals surface area contributed by atoms with Crippen LogP contribution in [-0.4, -0.2) is 20.3 Å². The number of hydrogen-bond acceptors (Lipinski definition) is 3. The van der Waals surface area contributed by atoms with Gasteiger partial charge in [0.2, 0.25) is 0 Å². The van der Waals surface area contributed by atoms with E-state index in [1.807, 2.05) is 36.5 Å². The van der Waals surface area contributed by atoms with Crippen LogP contribution in [0.25, 0.3) is 11.0 Å². The first kappa shape index (κ1) is 13.9. The first-order valence-electron chi connectivity index (χ1n) is 6.97. The van der Waals surface area contributed by atoms with Gasteiger partial charge in [0.1, 0.15) is 0 Å². The average molecular weight is 295 g/mol. The van der Waals surface area contributed by atoms with Gasteiger partial charge in [0.25, 0.3) is 0 Å². The lowest BCUT2D eigenvalue weighted by molar-refractivity contribution is 0.748. The van der Waals surface area contributed by atoms with Crippen molar-refractivity contribution < 1.29 is 0 Å². The Hall–Kier alpha value is -2.07. The van der Waals surface area contributed by atoms with Crippen molar-refractivity contribution in [3.05, 3.63) is 67.0 Å². The Labute approximate surface area is 128 Å². The molecule has 0 bridgehead atoms. The van der Waals surface area contributed by atoms with Crippen LogP contribution in [0.15, 0.2) is 66.5 Å². The summed E-state index contributed by atoms with van der Waals surface area (Å²) in [6, 6.07) is 14.3. The summed E-state index contributed by atoms with van der Waals surface area (Å²) in [4.78, 5) is 9.07. The smallest absolute Gasteiger partial charge is 0.169 e. The Morgan fingerprint density at radius 3 is 2.81 bits per heavy atom. The average Bonchev–Trinajstić information content (AvgIpc) is 2.87. The van der Waals surface area contributed by atoms with Crippen molar-refractivity contribution in [2.75, 3.05) is 5.75 Å². The molecule has 0 amide bonds. The molecule has 1 aromatic carbocycles. The molecule has 3 aromatic rings. The fourth-order valence-electron chi connectivity index (χ4n) is 2.26. The standard InChI is InChI=1S/C17H17N3S/c1-2-12-20-16-9-4-3-8-15(16)19-17(20)21-13-10-14-7-5-6-11-18-14/h2-9,11H,1,10,12-13H2. The molecule has 21 heavy (non-hydrogen) atoms. The summed E-state index contributed by atoms with van der Waals surface area (Å²) in [6.45, 7) is 4.63. The van der Waals surface area contributed by atoms with Gasteiger partial charge < -0.3 is 4.57 Å². The third kappa shape index (κ3) is 3.16. The minimum Gasteiger partial charge on any atom is -0.315 e. The quantitative estimate of drug-likeness (QED) is 0.509. The number of imidazole rings is 1. The maximum absolute atomic E-state index is 4.72. The van der Waals surface area contributed by atoms with Gasteiger partial charge in [-0.3, -0.25) is 4.98 Å². The number of pyridine rings is 1. The molecule has 3 nitrogen and oxygen atoms in total. The van der Waals surface area contributed by atoms with Crippen LogP contribution in [0.3, 0.4) is 0 Å². The van der Waals surface area contributed by atoms with Gasteiger partial charge in [-0.2, -0.15) is 0 Å². The first-order chi connectivity index (χ1) is 10.4. The highest BCUT2D eigenvalue weighted by Gasteiger charge is 2.09. The summed E-state index contributed by atoms with van der Waals surface area (Å²) in [5.74, 6) is 0.970. The monoisotopic (exact) mass is 295 g/mol. The second-order valence-corrected chi connectivity index (χ2v) is 5.76. The van der Waals surface area contributed by atoms with E-state index in [0.29, 0.717) is 0 Å². The van der Waals surface area contributed by atoms with Gasteiger partial charge in [0.05, 0.1) is 11.0 Å². The molecule has 0 unspecified atom stereocenters. The second kappa shape index (κ2) is 6.59. The number of aromatic nitrogens is 3. The Kier molecular flexibility index (Phi) is 4.36. The zero-order chi connectivity index (χ0) is 14.5. The molecular weight excluding hydrogens is 278 g/mol. The van der Waals surface area contributed by atoms with Gasteiger partial charge in [-0.25, -0.2) is 4.98 Å². The molecule has 0 fully saturated rings. The molecule has 0 aliphatic carbocycles. The van der Waals surface area contributed by atoms with Crippen LogP contribution in [0, 0.1) is 0 Å². The van der Waals surface area contributed by atoms with Crippen molar-refractivity contribution in [3.63, 3.8) is 0 Å². The third-order valence-corrected chi connectivity index (χ3v) is 4.22. The molecule has 0 aliphatic rings. The van der Waals surface area contributed by atoms with E-state index in [9.17, 15) is 0 Å². The van der Waals surface area contributed by atoms with Crippen LogP contribution in [-0.2, 0) is 13.0 Å². The fraction of sp³-hybridized carbons (Fsp3) is 0.176. The topological polar surface area (TPSA) is 30.7 Å². The molecule has 0 N–H and O–H groups in total. The number of rotatable bonds is 6. The summed E-state index contributed by atoms with van der Waals surface area (Å²) < 4.78 is 2.21. The molecule has 4 heteroatoms. The van der Waals surface area contributed by atoms with Crippen LogP contribution in [0.5, 0.6) is 0 Å². The third-order valence-electron chi connectivity index (χ3n) is 3.25. The van der Waals surface area contributed by atoms with Crippen LogP contribution >= 0.6 is 11.8 Å². The van der Waals surface area contributed by atoms with Crippen LogP contribution in [0.1, 0.15) is 5.69 Å². The molecule has 2 heterocycles. The van der Waals surface area contributed by atoms with Gasteiger partial charge in [-0.15, -0.1) is 6.58 Å². The number of fused-ring (bicyclic) bond motifs is 1. The minimum absolute atomic E-state index is 0.784. The highest BCUT2D eigenvalue weighted by Crippen LogP contribution is 2.24. The molecule has 0 radical (unpaired) electrons. The van der Waals surface area contributed by atoms with Gasteiger partial charge >= 0.3 is 0 Å². The van der Waals surface area contributed by atoms with Crippen LogP contribution in [0.4, 0.5) is 0 Å². The molecule has 0 saturated heterocycles. The maximum Gasteiger partial charge on any atom is 0.169 e. The summed E-state index contributed by atoms with van der Waals surface area (Å²) in [6.07, 6.45) is 4.70. The lowest BCUT2D eigenvalue weighted by Gasteiger charge is -2.05. The van der Waals surface area contributed by atoms with E-state index in [1.165, 1.54) is 0 Å². The number of para-hydroxylation sites is 2. The zero-order valence-electron chi connectivity index (χ0n) is 11.8. The van der Waals surface area contributed by atoms with Crippen molar-refractivity contribution in [3.8, 4) is 0 Å². The number of thioether (sulfide) groups is 1. The van der Waals surface area contributed by atoms with Crippen molar-refractivity contribution >= 4 is 22.8 Å².